The predicted molar refractivity (Wildman–Crippen MR) is 62.5 cm³/mol. The van der Waals surface area contributed by atoms with Crippen LogP contribution in [-0.4, -0.2) is 59.0 Å². The summed E-state index contributed by atoms with van der Waals surface area (Å²) in [7, 11) is 0. The molecule has 1 saturated carbocycles. The highest BCUT2D eigenvalue weighted by Gasteiger charge is 2.42. The van der Waals surface area contributed by atoms with Crippen molar-refractivity contribution in [3.8, 4) is 0 Å². The summed E-state index contributed by atoms with van der Waals surface area (Å²) in [5, 5.41) is 8.92. The zero-order valence-corrected chi connectivity index (χ0v) is 10.4. The summed E-state index contributed by atoms with van der Waals surface area (Å²) in [5.41, 5.74) is 0. The molecule has 17 heavy (non-hydrogen) atoms. The molecule has 2 rings (SSSR count). The number of piperazine rings is 1. The number of nitrogens with zero attached hydrogens (tertiary/aromatic N) is 2. The predicted octanol–water partition coefficient (Wildman–Crippen LogP) is 0.260. The standard InChI is InChI=1S/C12H20N2O3/c1-8-7-10(8)11(15)14-5-3-13(4-6-14)9(2)12(16)17/h8-10H,3-7H2,1-2H3,(H,16,17). The Kier molecular flexibility index (Phi) is 3.38. The third-order valence-corrected chi connectivity index (χ3v) is 3.96. The second kappa shape index (κ2) is 4.64. The highest BCUT2D eigenvalue weighted by molar-refractivity contribution is 5.81. The molecule has 0 aromatic heterocycles. The first kappa shape index (κ1) is 12.4. The molecule has 2 fully saturated rings. The number of carbonyl (C=O) groups excluding carboxylic acids is 1. The number of hydrogen-bond acceptors (Lipinski definition) is 3. The Balaban J connectivity index is 1.81. The first-order valence-electron chi connectivity index (χ1n) is 6.26. The van der Waals surface area contributed by atoms with E-state index < -0.39 is 12.0 Å². The molecule has 3 atom stereocenters. The van der Waals surface area contributed by atoms with E-state index in [1.54, 1.807) is 6.92 Å². The number of carboxylic acid groups (broad SMARTS) is 1. The number of hydrogen-bond donors (Lipinski definition) is 1. The Labute approximate surface area is 101 Å². The van der Waals surface area contributed by atoms with Crippen molar-refractivity contribution in [1.82, 2.24) is 9.80 Å². The van der Waals surface area contributed by atoms with Gasteiger partial charge in [-0.25, -0.2) is 0 Å². The van der Waals surface area contributed by atoms with Crippen LogP contribution in [0.4, 0.5) is 0 Å². The summed E-state index contributed by atoms with van der Waals surface area (Å²) in [6.07, 6.45) is 1.02. The van der Waals surface area contributed by atoms with E-state index in [0.29, 0.717) is 32.1 Å². The molecule has 3 unspecified atom stereocenters. The largest absolute Gasteiger partial charge is 0.480 e. The van der Waals surface area contributed by atoms with Crippen LogP contribution in [-0.2, 0) is 9.59 Å². The van der Waals surface area contributed by atoms with Crippen molar-refractivity contribution in [2.45, 2.75) is 26.3 Å². The van der Waals surface area contributed by atoms with Gasteiger partial charge in [-0.05, 0) is 19.3 Å². The third kappa shape index (κ3) is 2.60. The van der Waals surface area contributed by atoms with Gasteiger partial charge in [-0.3, -0.25) is 14.5 Å². The molecule has 5 nitrogen and oxygen atoms in total. The van der Waals surface area contributed by atoms with Crippen LogP contribution in [0.2, 0.25) is 0 Å². The topological polar surface area (TPSA) is 60.9 Å². The van der Waals surface area contributed by atoms with Crippen molar-refractivity contribution in [3.63, 3.8) is 0 Å². The van der Waals surface area contributed by atoms with E-state index in [1.165, 1.54) is 0 Å². The van der Waals surface area contributed by atoms with Gasteiger partial charge in [-0.1, -0.05) is 6.92 Å². The lowest BCUT2D eigenvalue weighted by molar-refractivity contribution is -0.144. The van der Waals surface area contributed by atoms with Crippen LogP contribution >= 0.6 is 0 Å². The summed E-state index contributed by atoms with van der Waals surface area (Å²) in [5.74, 6) is 0.248. The molecule has 96 valence electrons. The molecule has 5 heteroatoms. The van der Waals surface area contributed by atoms with Crippen molar-refractivity contribution in [2.75, 3.05) is 26.2 Å². The van der Waals surface area contributed by atoms with E-state index >= 15 is 0 Å². The summed E-state index contributed by atoms with van der Waals surface area (Å²) in [4.78, 5) is 26.6. The van der Waals surface area contributed by atoms with E-state index in [2.05, 4.69) is 6.92 Å². The maximum Gasteiger partial charge on any atom is 0.320 e. The number of carboxylic acids is 1. The minimum Gasteiger partial charge on any atom is -0.480 e. The van der Waals surface area contributed by atoms with Crippen LogP contribution in [0.3, 0.4) is 0 Å². The van der Waals surface area contributed by atoms with Crippen LogP contribution in [0, 0.1) is 11.8 Å². The fourth-order valence-electron chi connectivity index (χ4n) is 2.39. The average molecular weight is 240 g/mol. The molecular formula is C12H20N2O3. The normalized spacial score (nSPS) is 31.1. The monoisotopic (exact) mass is 240 g/mol. The van der Waals surface area contributed by atoms with Crippen molar-refractivity contribution < 1.29 is 14.7 Å². The minimum absolute atomic E-state index is 0.235. The van der Waals surface area contributed by atoms with E-state index in [0.717, 1.165) is 6.42 Å². The number of aliphatic carboxylic acids is 1. The van der Waals surface area contributed by atoms with Crippen LogP contribution in [0.25, 0.3) is 0 Å². The molecule has 1 aliphatic carbocycles. The molecule has 1 N–H and O–H groups in total. The Bertz CT molecular complexity index is 324. The van der Waals surface area contributed by atoms with Gasteiger partial charge < -0.3 is 10.0 Å². The van der Waals surface area contributed by atoms with Gasteiger partial charge in [0, 0.05) is 32.1 Å². The highest BCUT2D eigenvalue weighted by atomic mass is 16.4. The molecule has 0 bridgehead atoms. The lowest BCUT2D eigenvalue weighted by Gasteiger charge is -2.36. The summed E-state index contributed by atoms with van der Waals surface area (Å²) < 4.78 is 0. The van der Waals surface area contributed by atoms with E-state index in [-0.39, 0.29) is 11.8 Å². The van der Waals surface area contributed by atoms with Crippen molar-refractivity contribution in [2.24, 2.45) is 11.8 Å². The SMILES string of the molecule is CC1CC1C(=O)N1CCN(C(C)C(=O)O)CC1. The van der Waals surface area contributed by atoms with E-state index in [1.807, 2.05) is 9.80 Å². The van der Waals surface area contributed by atoms with E-state index in [4.69, 9.17) is 5.11 Å². The lowest BCUT2D eigenvalue weighted by atomic mass is 10.2. The Hall–Kier alpha value is -1.10. The van der Waals surface area contributed by atoms with Crippen LogP contribution in [0.5, 0.6) is 0 Å². The second-order valence-corrected chi connectivity index (χ2v) is 5.19. The number of rotatable bonds is 3. The quantitative estimate of drug-likeness (QED) is 0.768. The van der Waals surface area contributed by atoms with Gasteiger partial charge in [0.25, 0.3) is 0 Å². The van der Waals surface area contributed by atoms with Gasteiger partial charge in [0.15, 0.2) is 0 Å². The average Bonchev–Trinajstić information content (AvgIpc) is 3.04. The fourth-order valence-corrected chi connectivity index (χ4v) is 2.39. The van der Waals surface area contributed by atoms with Gasteiger partial charge in [0.2, 0.25) is 5.91 Å². The summed E-state index contributed by atoms with van der Waals surface area (Å²) in [6, 6.07) is -0.452. The molecule has 0 aromatic rings. The van der Waals surface area contributed by atoms with Gasteiger partial charge in [-0.2, -0.15) is 0 Å². The lowest BCUT2D eigenvalue weighted by Crippen LogP contribution is -2.53. The smallest absolute Gasteiger partial charge is 0.320 e. The zero-order valence-electron chi connectivity index (χ0n) is 10.4. The highest BCUT2D eigenvalue weighted by Crippen LogP contribution is 2.39. The maximum atomic E-state index is 12.0. The maximum absolute atomic E-state index is 12.0. The molecule has 1 heterocycles. The van der Waals surface area contributed by atoms with Gasteiger partial charge in [0.05, 0.1) is 0 Å². The molecule has 2 aliphatic rings. The van der Waals surface area contributed by atoms with E-state index in [9.17, 15) is 9.59 Å². The Morgan fingerprint density at radius 1 is 1.24 bits per heavy atom. The van der Waals surface area contributed by atoms with Crippen LogP contribution in [0.15, 0.2) is 0 Å². The van der Waals surface area contributed by atoms with Gasteiger partial charge >= 0.3 is 5.97 Å². The first-order chi connectivity index (χ1) is 8.00. The molecule has 1 amide bonds. The Morgan fingerprint density at radius 3 is 2.18 bits per heavy atom. The molecule has 0 spiro atoms. The first-order valence-corrected chi connectivity index (χ1v) is 6.26. The molecule has 0 radical (unpaired) electrons. The molecular weight excluding hydrogens is 220 g/mol. The van der Waals surface area contributed by atoms with Gasteiger partial charge in [-0.15, -0.1) is 0 Å². The molecule has 1 saturated heterocycles. The summed E-state index contributed by atoms with van der Waals surface area (Å²) >= 11 is 0. The minimum atomic E-state index is -0.791. The molecule has 0 aromatic carbocycles. The van der Waals surface area contributed by atoms with Crippen LogP contribution < -0.4 is 0 Å². The summed E-state index contributed by atoms with van der Waals surface area (Å²) in [6.45, 7) is 6.47. The third-order valence-electron chi connectivity index (χ3n) is 3.96. The number of carbonyl (C=O) groups is 2. The fraction of sp³-hybridized carbons (Fsp3) is 0.833. The van der Waals surface area contributed by atoms with Crippen LogP contribution in [0.1, 0.15) is 20.3 Å². The number of amides is 1. The molecule has 1 aliphatic heterocycles. The van der Waals surface area contributed by atoms with Gasteiger partial charge in [0.1, 0.15) is 6.04 Å². The van der Waals surface area contributed by atoms with Crippen molar-refractivity contribution >= 4 is 11.9 Å². The van der Waals surface area contributed by atoms with Crippen molar-refractivity contribution in [3.05, 3.63) is 0 Å². The second-order valence-electron chi connectivity index (χ2n) is 5.19. The zero-order chi connectivity index (χ0) is 12.6. The van der Waals surface area contributed by atoms with Crippen molar-refractivity contribution in [1.29, 1.82) is 0 Å². The Morgan fingerprint density at radius 2 is 1.76 bits per heavy atom.